The molecule has 2 aliphatic rings. The lowest BCUT2D eigenvalue weighted by molar-refractivity contribution is -0.118. The van der Waals surface area contributed by atoms with Crippen molar-refractivity contribution in [3.63, 3.8) is 0 Å². The molecule has 2 aromatic carbocycles. The summed E-state index contributed by atoms with van der Waals surface area (Å²) in [4.78, 5) is 29.8. The number of benzene rings is 2. The van der Waals surface area contributed by atoms with Crippen molar-refractivity contribution in [1.82, 2.24) is 10.3 Å². The molecule has 2 aliphatic heterocycles. The molecule has 0 spiro atoms. The van der Waals surface area contributed by atoms with Gasteiger partial charge in [0, 0.05) is 12.1 Å². The summed E-state index contributed by atoms with van der Waals surface area (Å²) in [5, 5.41) is 15.6. The van der Waals surface area contributed by atoms with Gasteiger partial charge in [0.15, 0.2) is 18.2 Å². The molecule has 1 aromatic heterocycles. The predicted octanol–water partition coefficient (Wildman–Crippen LogP) is 3.46. The molecule has 2 N–H and O–H groups in total. The van der Waals surface area contributed by atoms with Crippen molar-refractivity contribution in [3.05, 3.63) is 65.7 Å². The van der Waals surface area contributed by atoms with Crippen LogP contribution in [0.3, 0.4) is 0 Å². The Morgan fingerprint density at radius 3 is 2.92 bits per heavy atom. The van der Waals surface area contributed by atoms with Crippen LogP contribution in [-0.2, 0) is 16.1 Å². The number of carbonyl (C=O) groups is 2. The molecule has 0 bridgehead atoms. The summed E-state index contributed by atoms with van der Waals surface area (Å²) in [5.74, 6) is 1.42. The predicted molar refractivity (Wildman–Crippen MR) is 135 cm³/mol. The van der Waals surface area contributed by atoms with E-state index in [2.05, 4.69) is 21.7 Å². The lowest BCUT2D eigenvalue weighted by Crippen LogP contribution is -2.29. The zero-order chi connectivity index (χ0) is 25.8. The van der Waals surface area contributed by atoms with E-state index in [4.69, 9.17) is 14.2 Å². The smallest absolute Gasteiger partial charge is 0.415 e. The monoisotopic (exact) mass is 499 g/mol. The highest BCUT2D eigenvalue weighted by Gasteiger charge is 2.33. The van der Waals surface area contributed by atoms with Gasteiger partial charge in [-0.2, -0.15) is 5.26 Å². The number of pyridine rings is 1. The number of fused-ring (bicyclic) bond motifs is 1. The second-order valence-corrected chi connectivity index (χ2v) is 8.63. The Morgan fingerprint density at radius 1 is 1.22 bits per heavy atom. The normalized spacial score (nSPS) is 16.3. The van der Waals surface area contributed by atoms with Crippen molar-refractivity contribution < 1.29 is 23.8 Å². The zero-order valence-electron chi connectivity index (χ0n) is 20.2. The minimum absolute atomic E-state index is 0.0545. The number of methoxy groups -OCH3 is 1. The maximum atomic E-state index is 12.4. The van der Waals surface area contributed by atoms with Crippen LogP contribution in [-0.4, -0.2) is 49.9 Å². The second kappa shape index (κ2) is 10.6. The number of amides is 2. The van der Waals surface area contributed by atoms with Crippen LogP contribution in [0, 0.1) is 11.3 Å². The first kappa shape index (κ1) is 24.1. The van der Waals surface area contributed by atoms with Crippen LogP contribution < -0.4 is 25.0 Å². The Labute approximate surface area is 213 Å². The highest BCUT2D eigenvalue weighted by atomic mass is 16.6. The molecule has 5 rings (SSSR count). The largest absolute Gasteiger partial charge is 0.495 e. The van der Waals surface area contributed by atoms with Crippen molar-refractivity contribution in [2.75, 3.05) is 37.0 Å². The average Bonchev–Trinajstić information content (AvgIpc) is 3.30. The lowest BCUT2D eigenvalue weighted by atomic mass is 9.98. The van der Waals surface area contributed by atoms with Crippen LogP contribution in [0.2, 0.25) is 0 Å². The summed E-state index contributed by atoms with van der Waals surface area (Å²) in [6.45, 7) is 1.57. The Balaban J connectivity index is 1.16. The van der Waals surface area contributed by atoms with Crippen LogP contribution in [0.25, 0.3) is 11.1 Å². The molecule has 10 nitrogen and oxygen atoms in total. The first-order valence-electron chi connectivity index (χ1n) is 11.8. The van der Waals surface area contributed by atoms with Crippen LogP contribution in [0.4, 0.5) is 16.4 Å². The van der Waals surface area contributed by atoms with E-state index in [9.17, 15) is 14.9 Å². The van der Waals surface area contributed by atoms with Gasteiger partial charge in [-0.25, -0.2) is 9.78 Å². The summed E-state index contributed by atoms with van der Waals surface area (Å²) in [6.07, 6.45) is -0.133. The van der Waals surface area contributed by atoms with Gasteiger partial charge in [0.2, 0.25) is 0 Å². The molecule has 0 aliphatic carbocycles. The molecule has 3 heterocycles. The molecule has 3 aromatic rings. The first-order chi connectivity index (χ1) is 18.1. The molecule has 0 saturated carbocycles. The average molecular weight is 500 g/mol. The van der Waals surface area contributed by atoms with E-state index < -0.39 is 6.09 Å². The molecule has 10 heteroatoms. The molecule has 0 unspecified atom stereocenters. The summed E-state index contributed by atoms with van der Waals surface area (Å²) in [5.41, 5.74) is 3.33. The minimum Gasteiger partial charge on any atom is -0.495 e. The summed E-state index contributed by atoms with van der Waals surface area (Å²) in [7, 11) is 1.55. The first-order valence-corrected chi connectivity index (χ1v) is 11.8. The number of cyclic esters (lactones) is 1. The Kier molecular flexibility index (Phi) is 6.87. The molecule has 2 amide bonds. The SMILES string of the molecule is COc1cccc(-c2cccc(CNCC[C@H]3CN(c4ccc5c(n4)NC(=O)CO5)C(=O)O3)c2)c1C#N. The fourth-order valence-electron chi connectivity index (χ4n) is 4.36. The van der Waals surface area contributed by atoms with Gasteiger partial charge in [0.05, 0.1) is 13.7 Å². The van der Waals surface area contributed by atoms with E-state index in [0.29, 0.717) is 54.8 Å². The van der Waals surface area contributed by atoms with Crippen LogP contribution in [0.1, 0.15) is 17.5 Å². The van der Waals surface area contributed by atoms with E-state index in [1.54, 1.807) is 25.3 Å². The molecule has 37 heavy (non-hydrogen) atoms. The third kappa shape index (κ3) is 5.17. The second-order valence-electron chi connectivity index (χ2n) is 8.63. The van der Waals surface area contributed by atoms with Gasteiger partial charge < -0.3 is 24.8 Å². The molecule has 1 atom stereocenters. The minimum atomic E-state index is -0.472. The Bertz CT molecular complexity index is 1390. The number of hydrogen-bond acceptors (Lipinski definition) is 8. The molecule has 1 saturated heterocycles. The van der Waals surface area contributed by atoms with Gasteiger partial charge in [-0.05, 0) is 48.4 Å². The molecule has 0 radical (unpaired) electrons. The number of ether oxygens (including phenoxy) is 3. The number of aromatic nitrogens is 1. The summed E-state index contributed by atoms with van der Waals surface area (Å²) < 4.78 is 16.2. The van der Waals surface area contributed by atoms with Crippen molar-refractivity contribution in [2.24, 2.45) is 0 Å². The van der Waals surface area contributed by atoms with E-state index in [-0.39, 0.29) is 18.6 Å². The summed E-state index contributed by atoms with van der Waals surface area (Å²) in [6, 6.07) is 19.1. The van der Waals surface area contributed by atoms with E-state index in [0.717, 1.165) is 16.7 Å². The number of nitrogens with one attached hydrogen (secondary N) is 2. The number of nitriles is 1. The highest BCUT2D eigenvalue weighted by molar-refractivity contribution is 5.95. The van der Waals surface area contributed by atoms with E-state index in [1.807, 2.05) is 36.4 Å². The molecular formula is C27H25N5O5. The van der Waals surface area contributed by atoms with Crippen LogP contribution in [0.5, 0.6) is 11.5 Å². The van der Waals surface area contributed by atoms with Crippen molar-refractivity contribution in [1.29, 1.82) is 5.26 Å². The van der Waals surface area contributed by atoms with Gasteiger partial charge in [-0.15, -0.1) is 0 Å². The molecular weight excluding hydrogens is 474 g/mol. The van der Waals surface area contributed by atoms with Gasteiger partial charge in [0.1, 0.15) is 29.3 Å². The third-order valence-corrected chi connectivity index (χ3v) is 6.18. The van der Waals surface area contributed by atoms with Crippen molar-refractivity contribution >= 4 is 23.6 Å². The number of anilines is 2. The van der Waals surface area contributed by atoms with Crippen molar-refractivity contribution in [3.8, 4) is 28.7 Å². The maximum Gasteiger partial charge on any atom is 0.415 e. The van der Waals surface area contributed by atoms with Gasteiger partial charge in [0.25, 0.3) is 5.91 Å². The maximum absolute atomic E-state index is 12.4. The standard InChI is InChI=1S/C27H25N5O5/c1-35-22-7-3-6-20(21(22)13-28)18-5-2-4-17(12-18)14-29-11-10-19-15-32(27(34)37-19)24-9-8-23-26(30-24)31-25(33)16-36-23/h2-9,12,19,29H,10-11,14-16H2,1H3,(H,30,31,33)/t19-/m0/s1. The number of rotatable bonds is 8. The molecule has 1 fully saturated rings. The van der Waals surface area contributed by atoms with Crippen molar-refractivity contribution in [2.45, 2.75) is 19.1 Å². The third-order valence-electron chi connectivity index (χ3n) is 6.18. The van der Waals surface area contributed by atoms with Crippen LogP contribution >= 0.6 is 0 Å². The van der Waals surface area contributed by atoms with Crippen LogP contribution in [0.15, 0.2) is 54.6 Å². The Hall–Kier alpha value is -4.62. The number of hydrogen-bond donors (Lipinski definition) is 2. The lowest BCUT2D eigenvalue weighted by Gasteiger charge is -2.19. The molecule has 188 valence electrons. The van der Waals surface area contributed by atoms with E-state index >= 15 is 0 Å². The quantitative estimate of drug-likeness (QED) is 0.452. The Morgan fingerprint density at radius 2 is 2.08 bits per heavy atom. The fourth-order valence-corrected chi connectivity index (χ4v) is 4.36. The fraction of sp³-hybridized carbons (Fsp3) is 0.259. The number of carbonyl (C=O) groups excluding carboxylic acids is 2. The van der Waals surface area contributed by atoms with Gasteiger partial charge in [-0.1, -0.05) is 30.3 Å². The van der Waals surface area contributed by atoms with Gasteiger partial charge in [-0.3, -0.25) is 9.69 Å². The highest BCUT2D eigenvalue weighted by Crippen LogP contribution is 2.31. The topological polar surface area (TPSA) is 126 Å². The summed E-state index contributed by atoms with van der Waals surface area (Å²) >= 11 is 0. The number of nitrogens with zero attached hydrogens (tertiary/aromatic N) is 3. The van der Waals surface area contributed by atoms with Gasteiger partial charge >= 0.3 is 6.09 Å². The zero-order valence-corrected chi connectivity index (χ0v) is 20.2. The van der Waals surface area contributed by atoms with E-state index in [1.165, 1.54) is 4.90 Å².